The SMILES string of the molecule is COCCCn1c(SCC(=O)OC(C)C)nc2cc(C(=O)OC)ccc2c1=O. The van der Waals surface area contributed by atoms with E-state index in [1.807, 2.05) is 0 Å². The third-order valence-corrected chi connectivity index (χ3v) is 4.71. The van der Waals surface area contributed by atoms with Crippen LogP contribution >= 0.6 is 11.8 Å². The minimum atomic E-state index is -0.511. The number of ether oxygens (including phenoxy) is 3. The van der Waals surface area contributed by atoms with Crippen LogP contribution in [0.2, 0.25) is 0 Å². The highest BCUT2D eigenvalue weighted by molar-refractivity contribution is 7.99. The number of fused-ring (bicyclic) bond motifs is 1. The molecule has 0 saturated heterocycles. The van der Waals surface area contributed by atoms with Crippen LogP contribution < -0.4 is 5.56 Å². The molecule has 2 aromatic rings. The molecule has 0 saturated carbocycles. The fourth-order valence-corrected chi connectivity index (χ4v) is 3.35. The van der Waals surface area contributed by atoms with Crippen molar-refractivity contribution in [1.29, 1.82) is 0 Å². The van der Waals surface area contributed by atoms with E-state index in [0.29, 0.717) is 41.2 Å². The fraction of sp³-hybridized carbons (Fsp3) is 0.474. The number of methoxy groups -OCH3 is 2. The van der Waals surface area contributed by atoms with E-state index in [2.05, 4.69) is 4.98 Å². The average molecular weight is 408 g/mol. The van der Waals surface area contributed by atoms with Gasteiger partial charge in [0.05, 0.1) is 35.4 Å². The highest BCUT2D eigenvalue weighted by atomic mass is 32.2. The van der Waals surface area contributed by atoms with E-state index in [0.717, 1.165) is 11.8 Å². The number of benzene rings is 1. The second-order valence-electron chi connectivity index (χ2n) is 6.25. The Labute approximate surface area is 167 Å². The smallest absolute Gasteiger partial charge is 0.337 e. The van der Waals surface area contributed by atoms with Crippen LogP contribution in [-0.2, 0) is 25.5 Å². The number of carbonyl (C=O) groups excluding carboxylic acids is 2. The standard InChI is InChI=1S/C19H24N2O6S/c1-12(2)27-16(22)11-28-19-20-15-10-13(18(24)26-4)6-7-14(15)17(23)21(19)8-5-9-25-3/h6-7,10,12H,5,8-9,11H2,1-4H3. The summed E-state index contributed by atoms with van der Waals surface area (Å²) in [7, 11) is 2.88. The molecule has 0 unspecified atom stereocenters. The van der Waals surface area contributed by atoms with E-state index in [1.54, 1.807) is 27.0 Å². The zero-order valence-electron chi connectivity index (χ0n) is 16.4. The Hall–Kier alpha value is -2.39. The molecule has 1 aromatic heterocycles. The maximum atomic E-state index is 13.0. The second-order valence-corrected chi connectivity index (χ2v) is 7.19. The predicted octanol–water partition coefficient (Wildman–Crippen LogP) is 2.26. The summed E-state index contributed by atoms with van der Waals surface area (Å²) in [5.74, 6) is -0.874. The van der Waals surface area contributed by atoms with Gasteiger partial charge in [0.1, 0.15) is 0 Å². The molecular formula is C19H24N2O6S. The molecule has 0 aliphatic carbocycles. The van der Waals surface area contributed by atoms with Crippen LogP contribution in [0.4, 0.5) is 0 Å². The number of nitrogens with zero attached hydrogens (tertiary/aromatic N) is 2. The van der Waals surface area contributed by atoms with Crippen LogP contribution in [0, 0.1) is 0 Å². The van der Waals surface area contributed by atoms with Crippen molar-refractivity contribution in [3.8, 4) is 0 Å². The van der Waals surface area contributed by atoms with Crippen LogP contribution in [0.25, 0.3) is 10.9 Å². The summed E-state index contributed by atoms with van der Waals surface area (Å²) < 4.78 is 16.4. The normalized spacial score (nSPS) is 11.0. The fourth-order valence-electron chi connectivity index (χ4n) is 2.54. The van der Waals surface area contributed by atoms with Crippen LogP contribution in [0.3, 0.4) is 0 Å². The maximum absolute atomic E-state index is 13.0. The highest BCUT2D eigenvalue weighted by Crippen LogP contribution is 2.20. The molecule has 9 heteroatoms. The lowest BCUT2D eigenvalue weighted by atomic mass is 10.1. The van der Waals surface area contributed by atoms with Crippen LogP contribution in [0.1, 0.15) is 30.6 Å². The van der Waals surface area contributed by atoms with Crippen LogP contribution in [0.15, 0.2) is 28.2 Å². The first kappa shape index (κ1) is 21.9. The van der Waals surface area contributed by atoms with Gasteiger partial charge in [-0.05, 0) is 38.5 Å². The van der Waals surface area contributed by atoms with Gasteiger partial charge in [-0.3, -0.25) is 14.2 Å². The molecule has 0 N–H and O–H groups in total. The largest absolute Gasteiger partial charge is 0.465 e. The first-order valence-corrected chi connectivity index (χ1v) is 9.80. The van der Waals surface area contributed by atoms with Gasteiger partial charge in [0.2, 0.25) is 0 Å². The molecule has 1 aromatic carbocycles. The summed E-state index contributed by atoms with van der Waals surface area (Å²) in [6, 6.07) is 4.60. The van der Waals surface area contributed by atoms with Crippen molar-refractivity contribution in [3.63, 3.8) is 0 Å². The third-order valence-electron chi connectivity index (χ3n) is 3.76. The molecular weight excluding hydrogens is 384 g/mol. The molecule has 0 atom stereocenters. The Morgan fingerprint density at radius 1 is 1.25 bits per heavy atom. The van der Waals surface area contributed by atoms with Gasteiger partial charge in [-0.15, -0.1) is 0 Å². The Morgan fingerprint density at radius 3 is 2.64 bits per heavy atom. The van der Waals surface area contributed by atoms with Gasteiger partial charge in [0.25, 0.3) is 5.56 Å². The lowest BCUT2D eigenvalue weighted by molar-refractivity contribution is -0.144. The Balaban J connectivity index is 2.43. The quantitative estimate of drug-likeness (QED) is 0.270. The van der Waals surface area contributed by atoms with E-state index in [9.17, 15) is 14.4 Å². The molecule has 1 heterocycles. The molecule has 0 aliphatic rings. The molecule has 0 aliphatic heterocycles. The monoisotopic (exact) mass is 408 g/mol. The number of rotatable bonds is 9. The molecule has 8 nitrogen and oxygen atoms in total. The molecule has 2 rings (SSSR count). The summed E-state index contributed by atoms with van der Waals surface area (Å²) >= 11 is 1.12. The zero-order chi connectivity index (χ0) is 20.7. The van der Waals surface area contributed by atoms with Crippen molar-refractivity contribution in [2.45, 2.75) is 38.1 Å². The zero-order valence-corrected chi connectivity index (χ0v) is 17.2. The van der Waals surface area contributed by atoms with Gasteiger partial charge in [0.15, 0.2) is 5.16 Å². The van der Waals surface area contributed by atoms with Gasteiger partial charge >= 0.3 is 11.9 Å². The van der Waals surface area contributed by atoms with Crippen molar-refractivity contribution >= 4 is 34.6 Å². The minimum absolute atomic E-state index is 0.0249. The van der Waals surface area contributed by atoms with E-state index in [1.165, 1.54) is 23.8 Å². The number of carbonyl (C=O) groups is 2. The Kier molecular flexibility index (Phi) is 8.01. The molecule has 0 spiro atoms. The Bertz CT molecular complexity index is 909. The van der Waals surface area contributed by atoms with Gasteiger partial charge in [-0.25, -0.2) is 9.78 Å². The number of esters is 2. The summed E-state index contributed by atoms with van der Waals surface area (Å²) in [6.07, 6.45) is 0.401. The van der Waals surface area contributed by atoms with E-state index in [-0.39, 0.29) is 23.4 Å². The number of hydrogen-bond acceptors (Lipinski definition) is 8. The van der Waals surface area contributed by atoms with E-state index < -0.39 is 5.97 Å². The summed E-state index contributed by atoms with van der Waals surface area (Å²) in [6.45, 7) is 4.43. The molecule has 28 heavy (non-hydrogen) atoms. The number of thioether (sulfide) groups is 1. The summed E-state index contributed by atoms with van der Waals surface area (Å²) in [5, 5.41) is 0.774. The van der Waals surface area contributed by atoms with Crippen molar-refractivity contribution < 1.29 is 23.8 Å². The van der Waals surface area contributed by atoms with E-state index in [4.69, 9.17) is 14.2 Å². The highest BCUT2D eigenvalue weighted by Gasteiger charge is 2.16. The Morgan fingerprint density at radius 2 is 2.00 bits per heavy atom. The molecule has 0 fully saturated rings. The van der Waals surface area contributed by atoms with Gasteiger partial charge in [0, 0.05) is 20.3 Å². The summed E-state index contributed by atoms with van der Waals surface area (Å²) in [4.78, 5) is 41.1. The van der Waals surface area contributed by atoms with Crippen LogP contribution in [0.5, 0.6) is 0 Å². The van der Waals surface area contributed by atoms with Crippen LogP contribution in [-0.4, -0.2) is 54.2 Å². The topological polar surface area (TPSA) is 96.7 Å². The molecule has 0 amide bonds. The van der Waals surface area contributed by atoms with Crippen molar-refractivity contribution in [2.75, 3.05) is 26.6 Å². The lowest BCUT2D eigenvalue weighted by Crippen LogP contribution is -2.25. The van der Waals surface area contributed by atoms with Gasteiger partial charge < -0.3 is 14.2 Å². The van der Waals surface area contributed by atoms with Crippen molar-refractivity contribution in [1.82, 2.24) is 9.55 Å². The molecule has 152 valence electrons. The minimum Gasteiger partial charge on any atom is -0.465 e. The lowest BCUT2D eigenvalue weighted by Gasteiger charge is -2.14. The second kappa shape index (κ2) is 10.2. The van der Waals surface area contributed by atoms with E-state index >= 15 is 0 Å². The average Bonchev–Trinajstić information content (AvgIpc) is 2.66. The van der Waals surface area contributed by atoms with Crippen molar-refractivity contribution in [3.05, 3.63) is 34.1 Å². The predicted molar refractivity (Wildman–Crippen MR) is 106 cm³/mol. The first-order chi connectivity index (χ1) is 13.4. The number of hydrogen-bond donors (Lipinski definition) is 0. The third kappa shape index (κ3) is 5.56. The first-order valence-electron chi connectivity index (χ1n) is 8.81. The molecule has 0 radical (unpaired) electrons. The molecule has 0 bridgehead atoms. The number of aromatic nitrogens is 2. The van der Waals surface area contributed by atoms with Gasteiger partial charge in [-0.1, -0.05) is 11.8 Å². The summed E-state index contributed by atoms with van der Waals surface area (Å²) in [5.41, 5.74) is 0.432. The van der Waals surface area contributed by atoms with Gasteiger partial charge in [-0.2, -0.15) is 0 Å². The van der Waals surface area contributed by atoms with Crippen molar-refractivity contribution in [2.24, 2.45) is 0 Å². The maximum Gasteiger partial charge on any atom is 0.337 e.